The molecular formula is C8H18O3. The van der Waals surface area contributed by atoms with Crippen LogP contribution in [0.2, 0.25) is 0 Å². The Kier molecular flexibility index (Phi) is 7.89. The fraction of sp³-hybridized carbons (Fsp3) is 1.00. The Morgan fingerprint density at radius 3 is 2.45 bits per heavy atom. The Morgan fingerprint density at radius 2 is 1.91 bits per heavy atom. The molecule has 0 radical (unpaired) electrons. The van der Waals surface area contributed by atoms with Crippen LogP contribution in [0, 0.1) is 0 Å². The van der Waals surface area contributed by atoms with Gasteiger partial charge in [-0.1, -0.05) is 6.42 Å². The Balaban J connectivity index is 2.80. The lowest BCUT2D eigenvalue weighted by molar-refractivity contribution is -0.0468. The van der Waals surface area contributed by atoms with Crippen LogP contribution >= 0.6 is 0 Å². The Hall–Kier alpha value is -0.120. The van der Waals surface area contributed by atoms with Crippen LogP contribution in [-0.2, 0) is 4.74 Å². The highest BCUT2D eigenvalue weighted by Crippen LogP contribution is 2.01. The third-order valence-electron chi connectivity index (χ3n) is 1.46. The monoisotopic (exact) mass is 162 g/mol. The number of hydrogen-bond acceptors (Lipinski definition) is 3. The molecule has 0 aromatic heterocycles. The fourth-order valence-corrected chi connectivity index (χ4v) is 0.852. The first kappa shape index (κ1) is 10.9. The average molecular weight is 162 g/mol. The van der Waals surface area contributed by atoms with Crippen LogP contribution in [0.3, 0.4) is 0 Å². The zero-order chi connectivity index (χ0) is 8.53. The molecule has 2 N–H and O–H groups in total. The zero-order valence-electron chi connectivity index (χ0n) is 7.12. The summed E-state index contributed by atoms with van der Waals surface area (Å²) in [6.07, 6.45) is 2.23. The summed E-state index contributed by atoms with van der Waals surface area (Å²) >= 11 is 0. The lowest BCUT2D eigenvalue weighted by Crippen LogP contribution is -2.03. The van der Waals surface area contributed by atoms with Gasteiger partial charge >= 0.3 is 0 Å². The molecule has 0 heterocycles. The summed E-state index contributed by atoms with van der Waals surface area (Å²) in [4.78, 5) is 0. The molecule has 0 saturated heterocycles. The molecule has 0 fully saturated rings. The van der Waals surface area contributed by atoms with Crippen molar-refractivity contribution in [3.8, 4) is 0 Å². The minimum Gasteiger partial charge on any atom is -0.382 e. The summed E-state index contributed by atoms with van der Waals surface area (Å²) in [7, 11) is 0. The maximum Gasteiger partial charge on any atom is 0.151 e. The number of rotatable bonds is 7. The summed E-state index contributed by atoms with van der Waals surface area (Å²) in [6.45, 7) is 3.53. The molecule has 0 bridgehead atoms. The van der Waals surface area contributed by atoms with Crippen LogP contribution in [0.4, 0.5) is 0 Å². The Morgan fingerprint density at radius 1 is 1.18 bits per heavy atom. The van der Waals surface area contributed by atoms with Gasteiger partial charge in [-0.25, -0.2) is 0 Å². The molecule has 0 saturated carbocycles. The quantitative estimate of drug-likeness (QED) is 0.432. The van der Waals surface area contributed by atoms with E-state index in [9.17, 15) is 0 Å². The van der Waals surface area contributed by atoms with Gasteiger partial charge in [0.05, 0.1) is 0 Å². The van der Waals surface area contributed by atoms with E-state index < -0.39 is 6.29 Å². The molecule has 0 amide bonds. The highest BCUT2D eigenvalue weighted by molar-refractivity contribution is 4.43. The molecule has 0 rings (SSSR count). The lowest BCUT2D eigenvalue weighted by Gasteiger charge is -2.02. The first-order chi connectivity index (χ1) is 5.27. The summed E-state index contributed by atoms with van der Waals surface area (Å²) in [5.74, 6) is 0. The molecule has 11 heavy (non-hydrogen) atoms. The lowest BCUT2D eigenvalue weighted by atomic mass is 10.2. The van der Waals surface area contributed by atoms with Gasteiger partial charge in [-0.15, -0.1) is 0 Å². The SMILES string of the molecule is CCOCCCCCC(O)O. The molecule has 0 aromatic carbocycles. The van der Waals surface area contributed by atoms with Crippen molar-refractivity contribution in [1.82, 2.24) is 0 Å². The highest BCUT2D eigenvalue weighted by atomic mass is 16.5. The summed E-state index contributed by atoms with van der Waals surface area (Å²) < 4.78 is 5.12. The van der Waals surface area contributed by atoms with Gasteiger partial charge in [-0.3, -0.25) is 0 Å². The van der Waals surface area contributed by atoms with E-state index in [-0.39, 0.29) is 0 Å². The first-order valence-corrected chi connectivity index (χ1v) is 4.21. The Bertz CT molecular complexity index is 73.7. The van der Waals surface area contributed by atoms with Crippen molar-refractivity contribution in [1.29, 1.82) is 0 Å². The summed E-state index contributed by atoms with van der Waals surface area (Å²) in [6, 6.07) is 0. The highest BCUT2D eigenvalue weighted by Gasteiger charge is 1.95. The molecule has 3 heteroatoms. The van der Waals surface area contributed by atoms with Crippen molar-refractivity contribution in [2.45, 2.75) is 38.9 Å². The van der Waals surface area contributed by atoms with Crippen LogP contribution < -0.4 is 0 Å². The van der Waals surface area contributed by atoms with E-state index in [1.165, 1.54) is 0 Å². The fourth-order valence-electron chi connectivity index (χ4n) is 0.852. The molecule has 0 aliphatic carbocycles. The second-order valence-corrected chi connectivity index (χ2v) is 2.53. The molecule has 0 aliphatic heterocycles. The van der Waals surface area contributed by atoms with E-state index in [1.54, 1.807) is 0 Å². The minimum absolute atomic E-state index is 0.478. The van der Waals surface area contributed by atoms with Gasteiger partial charge < -0.3 is 14.9 Å². The molecule has 0 aliphatic rings. The van der Waals surface area contributed by atoms with Crippen molar-refractivity contribution >= 4 is 0 Å². The van der Waals surface area contributed by atoms with E-state index in [2.05, 4.69) is 0 Å². The topological polar surface area (TPSA) is 49.7 Å². The number of ether oxygens (including phenoxy) is 1. The maximum absolute atomic E-state index is 8.48. The second-order valence-electron chi connectivity index (χ2n) is 2.53. The summed E-state index contributed by atoms with van der Waals surface area (Å²) in [5, 5.41) is 17.0. The van der Waals surface area contributed by atoms with E-state index in [0.717, 1.165) is 32.5 Å². The van der Waals surface area contributed by atoms with Gasteiger partial charge in [0.2, 0.25) is 0 Å². The number of hydrogen-bond donors (Lipinski definition) is 2. The maximum atomic E-state index is 8.48. The van der Waals surface area contributed by atoms with Gasteiger partial charge in [-0.05, 0) is 26.2 Å². The smallest absolute Gasteiger partial charge is 0.151 e. The van der Waals surface area contributed by atoms with Crippen molar-refractivity contribution in [3.63, 3.8) is 0 Å². The molecule has 68 valence electrons. The third-order valence-corrected chi connectivity index (χ3v) is 1.46. The number of aliphatic hydroxyl groups is 2. The van der Waals surface area contributed by atoms with Gasteiger partial charge in [0.15, 0.2) is 6.29 Å². The first-order valence-electron chi connectivity index (χ1n) is 4.21. The molecule has 0 atom stereocenters. The predicted molar refractivity (Wildman–Crippen MR) is 43.2 cm³/mol. The van der Waals surface area contributed by atoms with Crippen molar-refractivity contribution in [2.24, 2.45) is 0 Å². The van der Waals surface area contributed by atoms with E-state index in [4.69, 9.17) is 14.9 Å². The standard InChI is InChI=1S/C8H18O3/c1-2-11-7-5-3-4-6-8(9)10/h8-10H,2-7H2,1H3. The van der Waals surface area contributed by atoms with Gasteiger partial charge in [0.25, 0.3) is 0 Å². The Labute approximate surface area is 68.0 Å². The minimum atomic E-state index is -1.14. The van der Waals surface area contributed by atoms with E-state index in [1.807, 2.05) is 6.92 Å². The van der Waals surface area contributed by atoms with Crippen LogP contribution in [0.15, 0.2) is 0 Å². The van der Waals surface area contributed by atoms with Crippen LogP contribution in [-0.4, -0.2) is 29.7 Å². The van der Waals surface area contributed by atoms with E-state index >= 15 is 0 Å². The third kappa shape index (κ3) is 9.88. The molecule has 0 unspecified atom stereocenters. The zero-order valence-corrected chi connectivity index (χ0v) is 7.12. The largest absolute Gasteiger partial charge is 0.382 e. The molecule has 0 spiro atoms. The molecule has 3 nitrogen and oxygen atoms in total. The van der Waals surface area contributed by atoms with Crippen LogP contribution in [0.1, 0.15) is 32.6 Å². The van der Waals surface area contributed by atoms with E-state index in [0.29, 0.717) is 6.42 Å². The van der Waals surface area contributed by atoms with Crippen molar-refractivity contribution in [2.75, 3.05) is 13.2 Å². The van der Waals surface area contributed by atoms with Crippen molar-refractivity contribution < 1.29 is 14.9 Å². The molecule has 0 aromatic rings. The normalized spacial score (nSPS) is 10.9. The molecular weight excluding hydrogens is 144 g/mol. The van der Waals surface area contributed by atoms with Gasteiger partial charge in [-0.2, -0.15) is 0 Å². The number of unbranched alkanes of at least 4 members (excludes halogenated alkanes) is 2. The average Bonchev–Trinajstić information content (AvgIpc) is 1.96. The summed E-state index contributed by atoms with van der Waals surface area (Å²) in [5.41, 5.74) is 0. The van der Waals surface area contributed by atoms with Crippen LogP contribution in [0.5, 0.6) is 0 Å². The van der Waals surface area contributed by atoms with Gasteiger partial charge in [0.1, 0.15) is 0 Å². The van der Waals surface area contributed by atoms with Crippen molar-refractivity contribution in [3.05, 3.63) is 0 Å². The van der Waals surface area contributed by atoms with Crippen LogP contribution in [0.25, 0.3) is 0 Å². The predicted octanol–water partition coefficient (Wildman–Crippen LogP) is 0.894. The van der Waals surface area contributed by atoms with Gasteiger partial charge in [0, 0.05) is 13.2 Å². The second kappa shape index (κ2) is 7.98. The number of aliphatic hydroxyl groups excluding tert-OH is 1.